The minimum atomic E-state index is 0.0756. The van der Waals surface area contributed by atoms with E-state index in [4.69, 9.17) is 9.47 Å². The van der Waals surface area contributed by atoms with Crippen molar-refractivity contribution in [1.29, 1.82) is 0 Å². The Labute approximate surface area is 187 Å². The van der Waals surface area contributed by atoms with E-state index < -0.39 is 0 Å². The molecular formula is C24H30N2O4S. The summed E-state index contributed by atoms with van der Waals surface area (Å²) in [7, 11) is 3.28. The van der Waals surface area contributed by atoms with E-state index in [1.165, 1.54) is 16.9 Å². The van der Waals surface area contributed by atoms with Gasteiger partial charge in [0, 0.05) is 18.5 Å². The Morgan fingerprint density at radius 3 is 2.61 bits per heavy atom. The van der Waals surface area contributed by atoms with Gasteiger partial charge >= 0.3 is 0 Å². The highest BCUT2D eigenvalue weighted by Crippen LogP contribution is 2.33. The first kappa shape index (κ1) is 21.7. The van der Waals surface area contributed by atoms with Gasteiger partial charge in [0.1, 0.15) is 0 Å². The molecule has 0 spiro atoms. The summed E-state index contributed by atoms with van der Waals surface area (Å²) in [5, 5.41) is 3.71. The molecule has 1 aromatic carbocycles. The minimum Gasteiger partial charge on any atom is -0.493 e. The van der Waals surface area contributed by atoms with Crippen LogP contribution in [-0.2, 0) is 11.2 Å². The molecule has 2 aromatic rings. The van der Waals surface area contributed by atoms with Crippen LogP contribution in [0.15, 0.2) is 30.3 Å². The van der Waals surface area contributed by atoms with E-state index >= 15 is 0 Å². The lowest BCUT2D eigenvalue weighted by atomic mass is 9.95. The maximum absolute atomic E-state index is 13.2. The van der Waals surface area contributed by atoms with Crippen molar-refractivity contribution >= 4 is 28.2 Å². The molecule has 2 amide bonds. The minimum absolute atomic E-state index is 0.0756. The Morgan fingerprint density at radius 2 is 1.87 bits per heavy atom. The quantitative estimate of drug-likeness (QED) is 0.641. The number of nitrogens with one attached hydrogen (secondary N) is 1. The summed E-state index contributed by atoms with van der Waals surface area (Å²) in [6.45, 7) is 0.789. The molecule has 1 saturated heterocycles. The molecule has 1 aromatic heterocycles. The molecule has 1 unspecified atom stereocenters. The standard InChI is InChI=1S/C24H30N2O4S/c1-29-19-11-7-16(15-20(19)30-2)6-10-18-5-3-4-14-26(18)24(28)21-12-13-22(31-21)25-23(27)17-8-9-17/h7,11-13,15,17-18H,3-6,8-10,14H2,1-2H3,(H,25,27). The number of carbonyl (C=O) groups excluding carboxylic acids is 2. The fourth-order valence-electron chi connectivity index (χ4n) is 4.17. The second-order valence-corrected chi connectivity index (χ2v) is 9.39. The topological polar surface area (TPSA) is 67.9 Å². The molecule has 1 saturated carbocycles. The summed E-state index contributed by atoms with van der Waals surface area (Å²) in [5.41, 5.74) is 1.18. The Hall–Kier alpha value is -2.54. The van der Waals surface area contributed by atoms with Crippen LogP contribution in [0.5, 0.6) is 11.5 Å². The van der Waals surface area contributed by atoms with Crippen LogP contribution in [0.4, 0.5) is 5.00 Å². The average molecular weight is 443 g/mol. The van der Waals surface area contributed by atoms with Crippen LogP contribution >= 0.6 is 11.3 Å². The maximum Gasteiger partial charge on any atom is 0.264 e. The molecule has 2 aliphatic rings. The second-order valence-electron chi connectivity index (χ2n) is 8.30. The van der Waals surface area contributed by atoms with Gasteiger partial charge in [-0.05, 0) is 74.8 Å². The fourth-order valence-corrected chi connectivity index (χ4v) is 5.03. The fraction of sp³-hybridized carbons (Fsp3) is 0.500. The van der Waals surface area contributed by atoms with E-state index in [1.807, 2.05) is 29.2 Å². The summed E-state index contributed by atoms with van der Waals surface area (Å²) in [6.07, 6.45) is 6.94. The monoisotopic (exact) mass is 442 g/mol. The lowest BCUT2D eigenvalue weighted by molar-refractivity contribution is -0.117. The van der Waals surface area contributed by atoms with Crippen molar-refractivity contribution < 1.29 is 19.1 Å². The third kappa shape index (κ3) is 5.21. The zero-order valence-electron chi connectivity index (χ0n) is 18.2. The first-order valence-electron chi connectivity index (χ1n) is 11.0. The summed E-state index contributed by atoms with van der Waals surface area (Å²) < 4.78 is 10.7. The molecule has 7 heteroatoms. The molecular weight excluding hydrogens is 412 g/mol. The van der Waals surface area contributed by atoms with Crippen molar-refractivity contribution in [1.82, 2.24) is 4.90 Å². The summed E-state index contributed by atoms with van der Waals surface area (Å²) in [5.74, 6) is 1.77. The molecule has 0 radical (unpaired) electrons. The normalized spacial score (nSPS) is 18.5. The number of rotatable bonds is 8. The molecule has 31 heavy (non-hydrogen) atoms. The van der Waals surface area contributed by atoms with E-state index in [1.54, 1.807) is 14.2 Å². The lowest BCUT2D eigenvalue weighted by Crippen LogP contribution is -2.43. The smallest absolute Gasteiger partial charge is 0.264 e. The predicted molar refractivity (Wildman–Crippen MR) is 122 cm³/mol. The molecule has 1 N–H and O–H groups in total. The molecule has 2 fully saturated rings. The highest BCUT2D eigenvalue weighted by molar-refractivity contribution is 7.18. The van der Waals surface area contributed by atoms with Gasteiger partial charge in [0.05, 0.1) is 24.1 Å². The predicted octanol–water partition coefficient (Wildman–Crippen LogP) is 4.74. The van der Waals surface area contributed by atoms with Gasteiger partial charge in [0.25, 0.3) is 5.91 Å². The van der Waals surface area contributed by atoms with Crippen molar-refractivity contribution in [3.05, 3.63) is 40.8 Å². The van der Waals surface area contributed by atoms with E-state index in [0.29, 0.717) is 4.88 Å². The Morgan fingerprint density at radius 1 is 1.06 bits per heavy atom. The van der Waals surface area contributed by atoms with Crippen LogP contribution in [0, 0.1) is 5.92 Å². The number of benzene rings is 1. The number of thiophene rings is 1. The Kier molecular flexibility index (Phi) is 6.80. The summed E-state index contributed by atoms with van der Waals surface area (Å²) in [4.78, 5) is 28.0. The van der Waals surface area contributed by atoms with Crippen molar-refractivity contribution in [2.24, 2.45) is 5.92 Å². The van der Waals surface area contributed by atoms with E-state index in [0.717, 1.165) is 68.0 Å². The Balaban J connectivity index is 1.39. The van der Waals surface area contributed by atoms with Crippen LogP contribution in [-0.4, -0.2) is 43.5 Å². The van der Waals surface area contributed by atoms with Gasteiger partial charge in [-0.15, -0.1) is 11.3 Å². The molecule has 2 heterocycles. The highest BCUT2D eigenvalue weighted by atomic mass is 32.1. The summed E-state index contributed by atoms with van der Waals surface area (Å²) >= 11 is 1.38. The number of piperidine rings is 1. The van der Waals surface area contributed by atoms with Crippen molar-refractivity contribution in [2.45, 2.75) is 51.0 Å². The molecule has 4 rings (SSSR count). The number of nitrogens with zero attached hydrogens (tertiary/aromatic N) is 1. The molecule has 1 aliphatic heterocycles. The second kappa shape index (κ2) is 9.73. The number of aryl methyl sites for hydroxylation is 1. The number of hydrogen-bond acceptors (Lipinski definition) is 5. The highest BCUT2D eigenvalue weighted by Gasteiger charge is 2.31. The SMILES string of the molecule is COc1ccc(CCC2CCCCN2C(=O)c2ccc(NC(=O)C3CC3)s2)cc1OC. The lowest BCUT2D eigenvalue weighted by Gasteiger charge is -2.35. The third-order valence-electron chi connectivity index (χ3n) is 6.11. The van der Waals surface area contributed by atoms with Gasteiger partial charge in [0.2, 0.25) is 5.91 Å². The number of ether oxygens (including phenoxy) is 2. The largest absolute Gasteiger partial charge is 0.493 e. The zero-order chi connectivity index (χ0) is 21.8. The van der Waals surface area contributed by atoms with Gasteiger partial charge in [-0.1, -0.05) is 6.07 Å². The number of anilines is 1. The van der Waals surface area contributed by atoms with E-state index in [2.05, 4.69) is 11.4 Å². The summed E-state index contributed by atoms with van der Waals surface area (Å²) in [6, 6.07) is 9.92. The molecule has 1 aliphatic carbocycles. The van der Waals surface area contributed by atoms with E-state index in [9.17, 15) is 9.59 Å². The molecule has 6 nitrogen and oxygen atoms in total. The van der Waals surface area contributed by atoms with Gasteiger partial charge in [-0.3, -0.25) is 9.59 Å². The molecule has 0 bridgehead atoms. The number of amides is 2. The van der Waals surface area contributed by atoms with Crippen molar-refractivity contribution in [3.63, 3.8) is 0 Å². The Bertz CT molecular complexity index is 937. The van der Waals surface area contributed by atoms with Crippen LogP contribution < -0.4 is 14.8 Å². The van der Waals surface area contributed by atoms with Crippen molar-refractivity contribution in [2.75, 3.05) is 26.1 Å². The van der Waals surface area contributed by atoms with Gasteiger partial charge < -0.3 is 19.7 Å². The first-order chi connectivity index (χ1) is 15.1. The van der Waals surface area contributed by atoms with Crippen LogP contribution in [0.2, 0.25) is 0 Å². The van der Waals surface area contributed by atoms with Crippen LogP contribution in [0.25, 0.3) is 0 Å². The van der Waals surface area contributed by atoms with Gasteiger partial charge in [0.15, 0.2) is 11.5 Å². The van der Waals surface area contributed by atoms with Crippen LogP contribution in [0.1, 0.15) is 53.8 Å². The number of hydrogen-bond donors (Lipinski definition) is 1. The van der Waals surface area contributed by atoms with Gasteiger partial charge in [-0.25, -0.2) is 0 Å². The molecule has 166 valence electrons. The van der Waals surface area contributed by atoms with E-state index in [-0.39, 0.29) is 23.8 Å². The number of methoxy groups -OCH3 is 2. The zero-order valence-corrected chi connectivity index (χ0v) is 19.0. The number of likely N-dealkylation sites (tertiary alicyclic amines) is 1. The van der Waals surface area contributed by atoms with Crippen LogP contribution in [0.3, 0.4) is 0 Å². The number of carbonyl (C=O) groups is 2. The molecule has 1 atom stereocenters. The van der Waals surface area contributed by atoms with Gasteiger partial charge in [-0.2, -0.15) is 0 Å². The third-order valence-corrected chi connectivity index (χ3v) is 7.10. The average Bonchev–Trinajstić information content (AvgIpc) is 3.56. The van der Waals surface area contributed by atoms with Crippen molar-refractivity contribution in [3.8, 4) is 11.5 Å². The first-order valence-corrected chi connectivity index (χ1v) is 11.8. The maximum atomic E-state index is 13.2.